The highest BCUT2D eigenvalue weighted by Crippen LogP contribution is 2.19. The fourth-order valence-corrected chi connectivity index (χ4v) is 2.56. The van der Waals surface area contributed by atoms with Gasteiger partial charge in [-0.1, -0.05) is 6.07 Å². The number of alkyl carbamates (subject to hydrolysis) is 1. The van der Waals surface area contributed by atoms with Gasteiger partial charge < -0.3 is 15.0 Å². The molecule has 0 spiro atoms. The van der Waals surface area contributed by atoms with Crippen LogP contribution in [-0.4, -0.2) is 41.6 Å². The van der Waals surface area contributed by atoms with Crippen LogP contribution in [0.15, 0.2) is 18.2 Å². The predicted octanol–water partition coefficient (Wildman–Crippen LogP) is 3.09. The van der Waals surface area contributed by atoms with Crippen LogP contribution in [0.25, 0.3) is 0 Å². The minimum atomic E-state index is -0.867. The van der Waals surface area contributed by atoms with Gasteiger partial charge in [-0.25, -0.2) is 13.6 Å². The van der Waals surface area contributed by atoms with E-state index in [9.17, 15) is 18.4 Å². The van der Waals surface area contributed by atoms with Crippen LogP contribution in [0.5, 0.6) is 0 Å². The molecule has 1 fully saturated rings. The molecule has 0 unspecified atom stereocenters. The molecule has 0 aliphatic carbocycles. The number of likely N-dealkylation sites (tertiary alicyclic amines) is 1. The second-order valence-electron chi connectivity index (χ2n) is 6.81. The Balaban J connectivity index is 1.91. The van der Waals surface area contributed by atoms with E-state index in [2.05, 4.69) is 5.32 Å². The summed E-state index contributed by atoms with van der Waals surface area (Å²) in [5.74, 6) is -2.40. The fourth-order valence-electron chi connectivity index (χ4n) is 2.56. The molecule has 0 atom stereocenters. The highest BCUT2D eigenvalue weighted by molar-refractivity contribution is 5.94. The number of benzene rings is 1. The van der Waals surface area contributed by atoms with Gasteiger partial charge in [-0.15, -0.1) is 0 Å². The molecule has 1 N–H and O–H groups in total. The molecule has 2 amide bonds. The number of hydrogen-bond donors (Lipinski definition) is 1. The van der Waals surface area contributed by atoms with Crippen LogP contribution < -0.4 is 5.32 Å². The zero-order chi connectivity index (χ0) is 17.9. The lowest BCUT2D eigenvalue weighted by molar-refractivity contribution is 0.0473. The van der Waals surface area contributed by atoms with Crippen molar-refractivity contribution in [2.75, 3.05) is 13.1 Å². The third-order valence-electron chi connectivity index (χ3n) is 3.68. The van der Waals surface area contributed by atoms with Gasteiger partial charge in [-0.2, -0.15) is 0 Å². The smallest absolute Gasteiger partial charge is 0.407 e. The SMILES string of the molecule is CC(C)(C)OC(=O)NC1CCN(C(=O)c2c(F)cccc2F)CC1. The number of rotatable bonds is 2. The van der Waals surface area contributed by atoms with Gasteiger partial charge in [0.25, 0.3) is 5.91 Å². The number of halogens is 2. The Morgan fingerprint density at radius 1 is 1.17 bits per heavy atom. The monoisotopic (exact) mass is 340 g/mol. The molecular weight excluding hydrogens is 318 g/mol. The average Bonchev–Trinajstić information content (AvgIpc) is 2.45. The normalized spacial score (nSPS) is 16.0. The van der Waals surface area contributed by atoms with Crippen molar-refractivity contribution in [2.45, 2.75) is 45.3 Å². The Bertz CT molecular complexity index is 601. The molecule has 1 aromatic carbocycles. The maximum absolute atomic E-state index is 13.7. The molecule has 5 nitrogen and oxygen atoms in total. The van der Waals surface area contributed by atoms with Crippen molar-refractivity contribution in [3.63, 3.8) is 0 Å². The molecule has 1 aliphatic heterocycles. The van der Waals surface area contributed by atoms with E-state index in [0.29, 0.717) is 25.9 Å². The van der Waals surface area contributed by atoms with Crippen molar-refractivity contribution in [2.24, 2.45) is 0 Å². The number of carbonyl (C=O) groups is 2. The van der Waals surface area contributed by atoms with Crippen molar-refractivity contribution < 1.29 is 23.1 Å². The summed E-state index contributed by atoms with van der Waals surface area (Å²) in [6, 6.07) is 3.22. The fraction of sp³-hybridized carbons (Fsp3) is 0.529. The standard InChI is InChI=1S/C17H22F2N2O3/c1-17(2,3)24-16(23)20-11-7-9-21(10-8-11)15(22)14-12(18)5-4-6-13(14)19/h4-6,11H,7-10H2,1-3H3,(H,20,23). The molecular formula is C17H22F2N2O3. The molecule has 0 radical (unpaired) electrons. The second kappa shape index (κ2) is 7.15. The summed E-state index contributed by atoms with van der Waals surface area (Å²) < 4.78 is 32.6. The Labute approximate surface area is 140 Å². The first-order chi connectivity index (χ1) is 11.2. The van der Waals surface area contributed by atoms with Crippen LogP contribution in [-0.2, 0) is 4.74 Å². The number of hydrogen-bond acceptors (Lipinski definition) is 3. The largest absolute Gasteiger partial charge is 0.444 e. The highest BCUT2D eigenvalue weighted by Gasteiger charge is 2.28. The van der Waals surface area contributed by atoms with Gasteiger partial charge in [0.05, 0.1) is 0 Å². The molecule has 0 bridgehead atoms. The number of piperidine rings is 1. The van der Waals surface area contributed by atoms with Gasteiger partial charge in [0, 0.05) is 19.1 Å². The highest BCUT2D eigenvalue weighted by atomic mass is 19.1. The van der Waals surface area contributed by atoms with Crippen LogP contribution in [0.1, 0.15) is 44.0 Å². The van der Waals surface area contributed by atoms with Crippen molar-refractivity contribution >= 4 is 12.0 Å². The van der Waals surface area contributed by atoms with E-state index in [1.54, 1.807) is 20.8 Å². The van der Waals surface area contributed by atoms with Crippen LogP contribution in [0.3, 0.4) is 0 Å². The first kappa shape index (κ1) is 18.2. The Morgan fingerprint density at radius 3 is 2.21 bits per heavy atom. The molecule has 1 aliphatic rings. The number of amides is 2. The maximum Gasteiger partial charge on any atom is 0.407 e. The second-order valence-corrected chi connectivity index (χ2v) is 6.81. The Hall–Kier alpha value is -2.18. The molecule has 1 saturated heterocycles. The summed E-state index contributed by atoms with van der Waals surface area (Å²) in [5, 5.41) is 2.75. The van der Waals surface area contributed by atoms with Crippen LogP contribution in [0.2, 0.25) is 0 Å². The summed E-state index contributed by atoms with van der Waals surface area (Å²) in [6.07, 6.45) is 0.495. The first-order valence-corrected chi connectivity index (χ1v) is 7.90. The van der Waals surface area contributed by atoms with E-state index in [1.165, 1.54) is 11.0 Å². The van der Waals surface area contributed by atoms with Crippen LogP contribution in [0, 0.1) is 11.6 Å². The topological polar surface area (TPSA) is 58.6 Å². The van der Waals surface area contributed by atoms with Crippen LogP contribution >= 0.6 is 0 Å². The lowest BCUT2D eigenvalue weighted by Crippen LogP contribution is -2.47. The van der Waals surface area contributed by atoms with Gasteiger partial charge in [-0.05, 0) is 45.7 Å². The van der Waals surface area contributed by atoms with Crippen molar-refractivity contribution in [3.05, 3.63) is 35.4 Å². The van der Waals surface area contributed by atoms with E-state index >= 15 is 0 Å². The predicted molar refractivity (Wildman–Crippen MR) is 84.7 cm³/mol. The molecule has 1 heterocycles. The molecule has 1 aromatic rings. The third-order valence-corrected chi connectivity index (χ3v) is 3.68. The Kier molecular flexibility index (Phi) is 5.41. The first-order valence-electron chi connectivity index (χ1n) is 7.90. The molecule has 0 saturated carbocycles. The summed E-state index contributed by atoms with van der Waals surface area (Å²) in [4.78, 5) is 25.4. The molecule has 7 heteroatoms. The van der Waals surface area contributed by atoms with E-state index in [4.69, 9.17) is 4.74 Å². The average molecular weight is 340 g/mol. The van der Waals surface area contributed by atoms with Gasteiger partial charge in [0.2, 0.25) is 0 Å². The summed E-state index contributed by atoms with van der Waals surface area (Å²) in [6.45, 7) is 5.95. The summed E-state index contributed by atoms with van der Waals surface area (Å²) in [7, 11) is 0. The number of ether oxygens (including phenoxy) is 1. The van der Waals surface area contributed by atoms with Gasteiger partial charge in [-0.3, -0.25) is 4.79 Å². The van der Waals surface area contributed by atoms with Crippen molar-refractivity contribution in [3.8, 4) is 0 Å². The van der Waals surface area contributed by atoms with Crippen LogP contribution in [0.4, 0.5) is 13.6 Å². The summed E-state index contributed by atoms with van der Waals surface area (Å²) >= 11 is 0. The molecule has 24 heavy (non-hydrogen) atoms. The number of carbonyl (C=O) groups excluding carboxylic acids is 2. The zero-order valence-corrected chi connectivity index (χ0v) is 14.1. The zero-order valence-electron chi connectivity index (χ0n) is 14.1. The number of nitrogens with one attached hydrogen (secondary N) is 1. The van der Waals surface area contributed by atoms with Gasteiger partial charge in [0.1, 0.15) is 22.8 Å². The minimum absolute atomic E-state index is 0.130. The lowest BCUT2D eigenvalue weighted by atomic mass is 10.0. The van der Waals surface area contributed by atoms with E-state index in [0.717, 1.165) is 12.1 Å². The minimum Gasteiger partial charge on any atom is -0.444 e. The van der Waals surface area contributed by atoms with Crippen molar-refractivity contribution in [1.29, 1.82) is 0 Å². The maximum atomic E-state index is 13.7. The van der Waals surface area contributed by atoms with E-state index in [-0.39, 0.29) is 6.04 Å². The molecule has 2 rings (SSSR count). The van der Waals surface area contributed by atoms with Gasteiger partial charge in [0.15, 0.2) is 0 Å². The van der Waals surface area contributed by atoms with Gasteiger partial charge >= 0.3 is 6.09 Å². The lowest BCUT2D eigenvalue weighted by Gasteiger charge is -2.33. The van der Waals surface area contributed by atoms with E-state index in [1.807, 2.05) is 0 Å². The van der Waals surface area contributed by atoms with E-state index < -0.39 is 34.8 Å². The molecule has 0 aromatic heterocycles. The Morgan fingerprint density at radius 2 is 1.71 bits per heavy atom. The third kappa shape index (κ3) is 4.66. The van der Waals surface area contributed by atoms with Crippen molar-refractivity contribution in [1.82, 2.24) is 10.2 Å². The number of nitrogens with zero attached hydrogens (tertiary/aromatic N) is 1. The summed E-state index contributed by atoms with van der Waals surface area (Å²) in [5.41, 5.74) is -1.11. The molecule has 132 valence electrons. The quantitative estimate of drug-likeness (QED) is 0.900.